The molecule has 1 N–H and O–H groups in total. The van der Waals surface area contributed by atoms with Crippen LogP contribution in [0.3, 0.4) is 0 Å². The van der Waals surface area contributed by atoms with Gasteiger partial charge >= 0.3 is 0 Å². The average Bonchev–Trinajstić information content (AvgIpc) is 2.41. The molecule has 2 heteroatoms. The van der Waals surface area contributed by atoms with Crippen LogP contribution in [0.4, 0.5) is 0 Å². The zero-order valence-electron chi connectivity index (χ0n) is 11.9. The van der Waals surface area contributed by atoms with Gasteiger partial charge in [-0.3, -0.25) is 0 Å². The molecule has 1 aliphatic heterocycles. The molecule has 3 atom stereocenters. The summed E-state index contributed by atoms with van der Waals surface area (Å²) in [4.78, 5) is 2.61. The molecular formula is C16H26N2. The van der Waals surface area contributed by atoms with Crippen LogP contribution in [-0.4, -0.2) is 31.6 Å². The zero-order chi connectivity index (χ0) is 13.0. The molecule has 1 heterocycles. The Hall–Kier alpha value is -0.860. The Bertz CT molecular complexity index is 349. The van der Waals surface area contributed by atoms with Crippen LogP contribution >= 0.6 is 0 Å². The van der Waals surface area contributed by atoms with Crippen LogP contribution in [-0.2, 0) is 0 Å². The summed E-state index contributed by atoms with van der Waals surface area (Å²) >= 11 is 0. The van der Waals surface area contributed by atoms with E-state index in [1.807, 2.05) is 0 Å². The van der Waals surface area contributed by atoms with E-state index in [1.165, 1.54) is 25.1 Å². The molecule has 0 aromatic heterocycles. The molecule has 0 aliphatic carbocycles. The highest BCUT2D eigenvalue weighted by Gasteiger charge is 2.24. The second-order valence-electron chi connectivity index (χ2n) is 5.75. The molecule has 1 aromatic carbocycles. The van der Waals surface area contributed by atoms with Crippen LogP contribution in [0.15, 0.2) is 30.3 Å². The third-order valence-corrected chi connectivity index (χ3v) is 4.41. The van der Waals surface area contributed by atoms with Crippen LogP contribution in [0.25, 0.3) is 0 Å². The predicted molar refractivity (Wildman–Crippen MR) is 77.6 cm³/mol. The Labute approximate surface area is 111 Å². The Morgan fingerprint density at radius 3 is 2.56 bits per heavy atom. The van der Waals surface area contributed by atoms with Crippen LogP contribution < -0.4 is 5.32 Å². The molecule has 2 nitrogen and oxygen atoms in total. The van der Waals surface area contributed by atoms with Crippen molar-refractivity contribution in [2.75, 3.05) is 26.7 Å². The predicted octanol–water partition coefficient (Wildman–Crippen LogP) is 2.93. The van der Waals surface area contributed by atoms with Crippen LogP contribution in [0.1, 0.15) is 31.9 Å². The van der Waals surface area contributed by atoms with Gasteiger partial charge in [0, 0.05) is 19.1 Å². The first-order valence-corrected chi connectivity index (χ1v) is 7.15. The second kappa shape index (κ2) is 6.35. The molecule has 0 bridgehead atoms. The Balaban J connectivity index is 1.95. The number of rotatable bonds is 4. The number of nitrogens with zero attached hydrogens (tertiary/aromatic N) is 1. The van der Waals surface area contributed by atoms with Gasteiger partial charge < -0.3 is 10.2 Å². The molecule has 3 unspecified atom stereocenters. The quantitative estimate of drug-likeness (QED) is 0.879. The topological polar surface area (TPSA) is 15.3 Å². The number of nitrogens with one attached hydrogen (secondary N) is 1. The Kier molecular flexibility index (Phi) is 4.79. The third kappa shape index (κ3) is 3.33. The number of likely N-dealkylation sites (N-methyl/N-ethyl adjacent to an activating group) is 1. The normalized spacial score (nSPS) is 27.1. The molecule has 1 fully saturated rings. The lowest BCUT2D eigenvalue weighted by Crippen LogP contribution is -2.42. The first kappa shape index (κ1) is 13.6. The highest BCUT2D eigenvalue weighted by molar-refractivity contribution is 5.19. The number of benzene rings is 1. The number of piperidine rings is 1. The van der Waals surface area contributed by atoms with Gasteiger partial charge in [0.05, 0.1) is 0 Å². The summed E-state index contributed by atoms with van der Waals surface area (Å²) in [5.74, 6) is 1.71. The zero-order valence-corrected chi connectivity index (χ0v) is 11.9. The standard InChI is InChI=1S/C16H26N2/c1-13-9-10-18(11-14(13)2)12-16(17-3)15-7-5-4-6-8-15/h4-8,13-14,16-17H,9-12H2,1-3H3. The number of hydrogen-bond acceptors (Lipinski definition) is 2. The molecule has 18 heavy (non-hydrogen) atoms. The summed E-state index contributed by atoms with van der Waals surface area (Å²) in [5.41, 5.74) is 1.39. The molecule has 2 rings (SSSR count). The summed E-state index contributed by atoms with van der Waals surface area (Å²) in [5, 5.41) is 3.45. The molecule has 100 valence electrons. The number of likely N-dealkylation sites (tertiary alicyclic amines) is 1. The van der Waals surface area contributed by atoms with Crippen LogP contribution in [0, 0.1) is 11.8 Å². The van der Waals surface area contributed by atoms with Crippen molar-refractivity contribution in [2.45, 2.75) is 26.3 Å². The van der Waals surface area contributed by atoms with E-state index < -0.39 is 0 Å². The van der Waals surface area contributed by atoms with Crippen molar-refractivity contribution in [3.05, 3.63) is 35.9 Å². The highest BCUT2D eigenvalue weighted by atomic mass is 15.2. The highest BCUT2D eigenvalue weighted by Crippen LogP contribution is 2.24. The fourth-order valence-corrected chi connectivity index (χ4v) is 2.82. The maximum atomic E-state index is 3.45. The summed E-state index contributed by atoms with van der Waals surface area (Å²) in [6.07, 6.45) is 1.34. The summed E-state index contributed by atoms with van der Waals surface area (Å²) in [6.45, 7) is 8.38. The fraction of sp³-hybridized carbons (Fsp3) is 0.625. The third-order valence-electron chi connectivity index (χ3n) is 4.41. The van der Waals surface area contributed by atoms with Gasteiger partial charge in [-0.25, -0.2) is 0 Å². The lowest BCUT2D eigenvalue weighted by molar-refractivity contribution is 0.128. The maximum absolute atomic E-state index is 3.45. The Morgan fingerprint density at radius 1 is 1.22 bits per heavy atom. The van der Waals surface area contributed by atoms with Gasteiger partial charge in [-0.15, -0.1) is 0 Å². The largest absolute Gasteiger partial charge is 0.312 e. The van der Waals surface area contributed by atoms with Crippen molar-refractivity contribution in [3.8, 4) is 0 Å². The van der Waals surface area contributed by atoms with Crippen molar-refractivity contribution in [3.63, 3.8) is 0 Å². The van der Waals surface area contributed by atoms with E-state index in [1.54, 1.807) is 0 Å². The van der Waals surface area contributed by atoms with Gasteiger partial charge in [0.1, 0.15) is 0 Å². The maximum Gasteiger partial charge on any atom is 0.0446 e. The van der Waals surface area contributed by atoms with Gasteiger partial charge in [-0.1, -0.05) is 44.2 Å². The SMILES string of the molecule is CNC(CN1CCC(C)C(C)C1)c1ccccc1. The van der Waals surface area contributed by atoms with E-state index in [9.17, 15) is 0 Å². The van der Waals surface area contributed by atoms with E-state index in [2.05, 4.69) is 61.4 Å². The van der Waals surface area contributed by atoms with Gasteiger partial charge in [0.25, 0.3) is 0 Å². The lowest BCUT2D eigenvalue weighted by atomic mass is 9.88. The smallest absolute Gasteiger partial charge is 0.0446 e. The molecule has 0 radical (unpaired) electrons. The van der Waals surface area contributed by atoms with Gasteiger partial charge in [-0.05, 0) is 37.4 Å². The first-order chi connectivity index (χ1) is 8.70. The van der Waals surface area contributed by atoms with E-state index in [0.29, 0.717) is 6.04 Å². The van der Waals surface area contributed by atoms with Crippen molar-refractivity contribution >= 4 is 0 Å². The van der Waals surface area contributed by atoms with Crippen molar-refractivity contribution in [1.82, 2.24) is 10.2 Å². The fourth-order valence-electron chi connectivity index (χ4n) is 2.82. The average molecular weight is 246 g/mol. The van der Waals surface area contributed by atoms with Crippen LogP contribution in [0.2, 0.25) is 0 Å². The molecule has 1 aromatic rings. The lowest BCUT2D eigenvalue weighted by Gasteiger charge is -2.37. The molecule has 0 spiro atoms. The first-order valence-electron chi connectivity index (χ1n) is 7.15. The van der Waals surface area contributed by atoms with Gasteiger partial charge in [0.15, 0.2) is 0 Å². The molecule has 0 amide bonds. The van der Waals surface area contributed by atoms with Crippen molar-refractivity contribution in [1.29, 1.82) is 0 Å². The van der Waals surface area contributed by atoms with E-state index in [-0.39, 0.29) is 0 Å². The second-order valence-corrected chi connectivity index (χ2v) is 5.75. The van der Waals surface area contributed by atoms with Crippen molar-refractivity contribution < 1.29 is 0 Å². The molecule has 1 aliphatic rings. The van der Waals surface area contributed by atoms with E-state index >= 15 is 0 Å². The number of hydrogen-bond donors (Lipinski definition) is 1. The molecule has 0 saturated carbocycles. The Morgan fingerprint density at radius 2 is 1.94 bits per heavy atom. The summed E-state index contributed by atoms with van der Waals surface area (Å²) < 4.78 is 0. The van der Waals surface area contributed by atoms with E-state index in [4.69, 9.17) is 0 Å². The molecular weight excluding hydrogens is 220 g/mol. The summed E-state index contributed by atoms with van der Waals surface area (Å²) in [7, 11) is 2.06. The minimum Gasteiger partial charge on any atom is -0.312 e. The minimum absolute atomic E-state index is 0.451. The van der Waals surface area contributed by atoms with Gasteiger partial charge in [-0.2, -0.15) is 0 Å². The minimum atomic E-state index is 0.451. The van der Waals surface area contributed by atoms with Crippen molar-refractivity contribution in [2.24, 2.45) is 11.8 Å². The van der Waals surface area contributed by atoms with E-state index in [0.717, 1.165) is 18.4 Å². The monoisotopic (exact) mass is 246 g/mol. The van der Waals surface area contributed by atoms with Crippen LogP contribution in [0.5, 0.6) is 0 Å². The molecule has 1 saturated heterocycles. The van der Waals surface area contributed by atoms with Gasteiger partial charge in [0.2, 0.25) is 0 Å². The summed E-state index contributed by atoms with van der Waals surface area (Å²) in [6, 6.07) is 11.2.